The van der Waals surface area contributed by atoms with Crippen molar-refractivity contribution in [1.82, 2.24) is 19.5 Å². The van der Waals surface area contributed by atoms with Gasteiger partial charge >= 0.3 is 0 Å². The Morgan fingerprint density at radius 1 is 0.966 bits per heavy atom. The van der Waals surface area contributed by atoms with Crippen molar-refractivity contribution in [3.63, 3.8) is 0 Å². The summed E-state index contributed by atoms with van der Waals surface area (Å²) in [6, 6.07) is 14.7. The predicted molar refractivity (Wildman–Crippen MR) is 109 cm³/mol. The summed E-state index contributed by atoms with van der Waals surface area (Å²) in [4.78, 5) is 6.17. The third-order valence-electron chi connectivity index (χ3n) is 4.85. The lowest BCUT2D eigenvalue weighted by Crippen LogP contribution is -2.49. The molecule has 0 unspecified atom stereocenters. The van der Waals surface area contributed by atoms with Crippen LogP contribution in [-0.2, 0) is 10.0 Å². The molecule has 3 aromatic rings. The first-order valence-electron chi connectivity index (χ1n) is 9.21. The summed E-state index contributed by atoms with van der Waals surface area (Å²) in [6.07, 6.45) is 2.94. The van der Waals surface area contributed by atoms with E-state index in [0.29, 0.717) is 26.2 Å². The number of hydrogen-bond acceptors (Lipinski definition) is 7. The number of pyridine rings is 1. The van der Waals surface area contributed by atoms with Crippen molar-refractivity contribution in [2.24, 2.45) is 0 Å². The molecule has 0 spiro atoms. The Bertz CT molecular complexity index is 1070. The Labute approximate surface area is 169 Å². The second-order valence-electron chi connectivity index (χ2n) is 6.59. The Morgan fingerprint density at radius 2 is 1.79 bits per heavy atom. The van der Waals surface area contributed by atoms with Crippen molar-refractivity contribution in [3.05, 3.63) is 60.9 Å². The second-order valence-corrected chi connectivity index (χ2v) is 8.53. The molecule has 150 valence electrons. The Balaban J connectivity index is 1.44. The molecule has 0 N–H and O–H groups in total. The van der Waals surface area contributed by atoms with Crippen LogP contribution in [0.4, 0.5) is 5.82 Å². The standard InChI is InChI=1S/C20H21N5O3S/c1-28-17-5-2-4-16(14-17)19-7-8-20(23-22-19)24-10-12-25(13-11-24)29(26,27)18-6-3-9-21-15-18/h2-9,14-15H,10-13H2,1H3. The number of methoxy groups -OCH3 is 1. The molecule has 0 radical (unpaired) electrons. The molecule has 1 fully saturated rings. The minimum Gasteiger partial charge on any atom is -0.497 e. The van der Waals surface area contributed by atoms with Gasteiger partial charge < -0.3 is 9.64 Å². The van der Waals surface area contributed by atoms with Crippen LogP contribution >= 0.6 is 0 Å². The maximum Gasteiger partial charge on any atom is 0.244 e. The number of sulfonamides is 1. The van der Waals surface area contributed by atoms with Gasteiger partial charge in [-0.25, -0.2) is 8.42 Å². The molecule has 0 bridgehead atoms. The summed E-state index contributed by atoms with van der Waals surface area (Å²) in [5, 5.41) is 8.66. The zero-order chi connectivity index (χ0) is 20.3. The van der Waals surface area contributed by atoms with E-state index < -0.39 is 10.0 Å². The first kappa shape index (κ1) is 19.3. The molecule has 0 atom stereocenters. The summed E-state index contributed by atoms with van der Waals surface area (Å²) in [7, 11) is -1.89. The van der Waals surface area contributed by atoms with Crippen molar-refractivity contribution in [1.29, 1.82) is 0 Å². The Morgan fingerprint density at radius 3 is 2.45 bits per heavy atom. The molecule has 0 amide bonds. The molecule has 1 saturated heterocycles. The topological polar surface area (TPSA) is 88.5 Å². The van der Waals surface area contributed by atoms with E-state index in [4.69, 9.17) is 4.74 Å². The van der Waals surface area contributed by atoms with Gasteiger partial charge in [-0.2, -0.15) is 4.31 Å². The van der Waals surface area contributed by atoms with Crippen LogP contribution < -0.4 is 9.64 Å². The SMILES string of the molecule is COc1cccc(-c2ccc(N3CCN(S(=O)(=O)c4cccnc4)CC3)nn2)c1. The third-order valence-corrected chi connectivity index (χ3v) is 6.73. The van der Waals surface area contributed by atoms with Crippen molar-refractivity contribution in [2.75, 3.05) is 38.2 Å². The van der Waals surface area contributed by atoms with Crippen LogP contribution in [-0.4, -0.2) is 61.2 Å². The molecule has 1 aromatic carbocycles. The lowest BCUT2D eigenvalue weighted by molar-refractivity contribution is 0.383. The highest BCUT2D eigenvalue weighted by Gasteiger charge is 2.29. The van der Waals surface area contributed by atoms with Crippen molar-refractivity contribution in [3.8, 4) is 17.0 Å². The van der Waals surface area contributed by atoms with E-state index in [2.05, 4.69) is 15.2 Å². The highest BCUT2D eigenvalue weighted by atomic mass is 32.2. The predicted octanol–water partition coefficient (Wildman–Crippen LogP) is 2.06. The van der Waals surface area contributed by atoms with Crippen molar-refractivity contribution in [2.45, 2.75) is 4.90 Å². The van der Waals surface area contributed by atoms with Gasteiger partial charge in [-0.3, -0.25) is 4.98 Å². The number of nitrogens with zero attached hydrogens (tertiary/aromatic N) is 5. The molecule has 3 heterocycles. The molecule has 2 aromatic heterocycles. The van der Waals surface area contributed by atoms with E-state index in [1.807, 2.05) is 41.3 Å². The second kappa shape index (κ2) is 8.14. The van der Waals surface area contributed by atoms with Gasteiger partial charge in [0, 0.05) is 44.1 Å². The van der Waals surface area contributed by atoms with E-state index in [1.165, 1.54) is 10.5 Å². The lowest BCUT2D eigenvalue weighted by Gasteiger charge is -2.34. The fraction of sp³-hybridized carbons (Fsp3) is 0.250. The first-order chi connectivity index (χ1) is 14.1. The molecular weight excluding hydrogens is 390 g/mol. The summed E-state index contributed by atoms with van der Waals surface area (Å²) in [5.41, 5.74) is 1.68. The van der Waals surface area contributed by atoms with Gasteiger partial charge in [0.2, 0.25) is 10.0 Å². The molecular formula is C20H21N5O3S. The number of benzene rings is 1. The van der Waals surface area contributed by atoms with Crippen LogP contribution in [0.2, 0.25) is 0 Å². The minimum absolute atomic E-state index is 0.218. The number of aromatic nitrogens is 3. The molecule has 0 saturated carbocycles. The van der Waals surface area contributed by atoms with Crippen LogP contribution in [0.15, 0.2) is 65.8 Å². The normalized spacial score (nSPS) is 15.3. The van der Waals surface area contributed by atoms with Gasteiger partial charge in [-0.1, -0.05) is 12.1 Å². The average molecular weight is 411 g/mol. The zero-order valence-corrected chi connectivity index (χ0v) is 16.8. The van der Waals surface area contributed by atoms with Crippen LogP contribution in [0.3, 0.4) is 0 Å². The van der Waals surface area contributed by atoms with Crippen LogP contribution in [0.1, 0.15) is 0 Å². The summed E-state index contributed by atoms with van der Waals surface area (Å²) in [5.74, 6) is 1.49. The number of hydrogen-bond donors (Lipinski definition) is 0. The van der Waals surface area contributed by atoms with Crippen LogP contribution in [0.5, 0.6) is 5.75 Å². The fourth-order valence-electron chi connectivity index (χ4n) is 3.24. The smallest absolute Gasteiger partial charge is 0.244 e. The molecule has 1 aliphatic heterocycles. The van der Waals surface area contributed by atoms with Gasteiger partial charge in [0.15, 0.2) is 5.82 Å². The average Bonchev–Trinajstić information content (AvgIpc) is 2.80. The molecule has 0 aliphatic carbocycles. The minimum atomic E-state index is -3.52. The van der Waals surface area contributed by atoms with Crippen molar-refractivity contribution >= 4 is 15.8 Å². The highest BCUT2D eigenvalue weighted by molar-refractivity contribution is 7.89. The van der Waals surface area contributed by atoms with Gasteiger partial charge in [-0.15, -0.1) is 10.2 Å². The maximum atomic E-state index is 12.7. The zero-order valence-electron chi connectivity index (χ0n) is 16.0. The van der Waals surface area contributed by atoms with E-state index in [1.54, 1.807) is 25.4 Å². The van der Waals surface area contributed by atoms with Gasteiger partial charge in [0.1, 0.15) is 10.6 Å². The number of ether oxygens (including phenoxy) is 1. The molecule has 1 aliphatic rings. The Kier molecular flexibility index (Phi) is 5.41. The number of rotatable bonds is 5. The third kappa shape index (κ3) is 4.06. The maximum absolute atomic E-state index is 12.7. The van der Waals surface area contributed by atoms with E-state index in [0.717, 1.165) is 22.8 Å². The van der Waals surface area contributed by atoms with E-state index in [9.17, 15) is 8.42 Å². The molecule has 29 heavy (non-hydrogen) atoms. The largest absolute Gasteiger partial charge is 0.497 e. The summed E-state index contributed by atoms with van der Waals surface area (Å²) < 4.78 is 32.2. The van der Waals surface area contributed by atoms with Crippen LogP contribution in [0.25, 0.3) is 11.3 Å². The van der Waals surface area contributed by atoms with Gasteiger partial charge in [0.25, 0.3) is 0 Å². The Hall–Kier alpha value is -3.04. The number of anilines is 1. The lowest BCUT2D eigenvalue weighted by atomic mass is 10.1. The van der Waals surface area contributed by atoms with Gasteiger partial charge in [-0.05, 0) is 36.4 Å². The fourth-order valence-corrected chi connectivity index (χ4v) is 4.62. The summed E-state index contributed by atoms with van der Waals surface area (Å²) >= 11 is 0. The quantitative estimate of drug-likeness (QED) is 0.635. The van der Waals surface area contributed by atoms with E-state index >= 15 is 0 Å². The van der Waals surface area contributed by atoms with Gasteiger partial charge in [0.05, 0.1) is 12.8 Å². The first-order valence-corrected chi connectivity index (χ1v) is 10.7. The molecule has 4 rings (SSSR count). The highest BCUT2D eigenvalue weighted by Crippen LogP contribution is 2.24. The number of piperazine rings is 1. The van der Waals surface area contributed by atoms with Crippen molar-refractivity contribution < 1.29 is 13.2 Å². The summed E-state index contributed by atoms with van der Waals surface area (Å²) in [6.45, 7) is 1.87. The molecule has 9 heteroatoms. The van der Waals surface area contributed by atoms with E-state index in [-0.39, 0.29) is 4.90 Å². The molecule has 8 nitrogen and oxygen atoms in total. The van der Waals surface area contributed by atoms with Crippen LogP contribution in [0, 0.1) is 0 Å². The monoisotopic (exact) mass is 411 g/mol.